The van der Waals surface area contributed by atoms with Gasteiger partial charge in [0.25, 0.3) is 5.69 Å². The molecule has 1 aromatic carbocycles. The maximum absolute atomic E-state index is 11.0. The second kappa shape index (κ2) is 3.46. The lowest BCUT2D eigenvalue weighted by Crippen LogP contribution is -2.36. The highest BCUT2D eigenvalue weighted by molar-refractivity contribution is 6.36. The zero-order valence-electron chi connectivity index (χ0n) is 7.51. The molecule has 1 heterocycles. The Hall–Kier alpha value is -2.15. The van der Waals surface area contributed by atoms with Crippen molar-refractivity contribution in [1.82, 2.24) is 0 Å². The number of hydrogen-bond donors (Lipinski definition) is 0. The van der Waals surface area contributed by atoms with Crippen LogP contribution in [0.1, 0.15) is 0 Å². The summed E-state index contributed by atoms with van der Waals surface area (Å²) in [6.45, 7) is 0. The molecule has 0 spiro atoms. The Bertz CT molecular complexity index is 652. The number of nitro benzene ring substituents is 1. The minimum absolute atomic E-state index is 0.0477. The predicted octanol–water partition coefficient (Wildman–Crippen LogP) is -0.446. The minimum atomic E-state index is -1.13. The van der Waals surface area contributed by atoms with Gasteiger partial charge in [0, 0.05) is 11.1 Å². The molecule has 2 rings (SSSR count). The summed E-state index contributed by atoms with van der Waals surface area (Å²) >= 11 is 5.61. The van der Waals surface area contributed by atoms with Crippen molar-refractivity contribution in [3.63, 3.8) is 0 Å². The number of rotatable bonds is 1. The minimum Gasteiger partial charge on any atom is -0.261 e. The zero-order chi connectivity index (χ0) is 11.9. The summed E-state index contributed by atoms with van der Waals surface area (Å²) in [5.74, 6) is -2.19. The van der Waals surface area contributed by atoms with Gasteiger partial charge in [-0.2, -0.15) is 4.99 Å². The lowest BCUT2D eigenvalue weighted by molar-refractivity contribution is -0.386. The standard InChI is InChI=1S/C8H2ClN3O4/c9-3-1-4-6(5(2-3)12(15)16)11-8(14)7(13)10-4/h1-2H. The van der Waals surface area contributed by atoms with Crippen LogP contribution in [0.2, 0.25) is 5.02 Å². The number of non-ortho nitro benzene ring substituents is 1. The molecular weight excluding hydrogens is 238 g/mol. The number of carbonyl (C=O) groups excluding carboxylic acids is 2. The van der Waals surface area contributed by atoms with Crippen LogP contribution < -0.4 is 10.7 Å². The highest BCUT2D eigenvalue weighted by Gasteiger charge is 2.21. The normalized spacial score (nSPS) is 13.8. The van der Waals surface area contributed by atoms with Crippen molar-refractivity contribution in [2.24, 2.45) is 9.98 Å². The number of carbonyl (C=O) groups is 2. The van der Waals surface area contributed by atoms with E-state index in [4.69, 9.17) is 11.6 Å². The summed E-state index contributed by atoms with van der Waals surface area (Å²) in [6, 6.07) is 2.28. The van der Waals surface area contributed by atoms with Crippen molar-refractivity contribution < 1.29 is 14.5 Å². The molecule has 0 aliphatic carbocycles. The van der Waals surface area contributed by atoms with E-state index in [1.165, 1.54) is 6.07 Å². The molecule has 0 aromatic heterocycles. The Labute approximate surface area is 92.2 Å². The lowest BCUT2D eigenvalue weighted by atomic mass is 10.2. The van der Waals surface area contributed by atoms with Crippen molar-refractivity contribution >= 4 is 29.1 Å². The molecule has 0 saturated carbocycles. The van der Waals surface area contributed by atoms with Crippen LogP contribution in [-0.4, -0.2) is 16.7 Å². The molecule has 0 N–H and O–H groups in total. The molecule has 2 amide bonds. The van der Waals surface area contributed by atoms with E-state index in [0.717, 1.165) is 6.07 Å². The first-order valence-electron chi connectivity index (χ1n) is 3.99. The van der Waals surface area contributed by atoms with Gasteiger partial charge in [-0.1, -0.05) is 11.6 Å². The monoisotopic (exact) mass is 239 g/mol. The molecule has 0 atom stereocenters. The van der Waals surface area contributed by atoms with Crippen LogP contribution >= 0.6 is 11.6 Å². The highest BCUT2D eigenvalue weighted by Crippen LogP contribution is 2.11. The van der Waals surface area contributed by atoms with Crippen LogP contribution in [0, 0.1) is 10.1 Å². The van der Waals surface area contributed by atoms with Crippen LogP contribution in [0.4, 0.5) is 5.69 Å². The summed E-state index contributed by atoms with van der Waals surface area (Å²) in [4.78, 5) is 38.5. The topological polar surface area (TPSA) is 102 Å². The van der Waals surface area contributed by atoms with Crippen molar-refractivity contribution in [3.05, 3.63) is 38.0 Å². The average Bonchev–Trinajstić information content (AvgIpc) is 2.19. The smallest absolute Gasteiger partial charge is 0.261 e. The SMILES string of the molecule is O=C1N=c2cc(Cl)cc([N+](=O)[O-])c2=NC1=O. The third-order valence-corrected chi connectivity index (χ3v) is 2.07. The van der Waals surface area contributed by atoms with Gasteiger partial charge in [-0.3, -0.25) is 19.7 Å². The molecule has 1 aliphatic rings. The van der Waals surface area contributed by atoms with Crippen molar-refractivity contribution in [1.29, 1.82) is 0 Å². The molecule has 0 unspecified atom stereocenters. The predicted molar refractivity (Wildman–Crippen MR) is 50.4 cm³/mol. The number of fused-ring (bicyclic) bond motifs is 1. The zero-order valence-corrected chi connectivity index (χ0v) is 8.26. The fraction of sp³-hybridized carbons (Fsp3) is 0. The van der Waals surface area contributed by atoms with Crippen molar-refractivity contribution in [3.8, 4) is 0 Å². The molecule has 16 heavy (non-hydrogen) atoms. The Morgan fingerprint density at radius 1 is 1.19 bits per heavy atom. The molecule has 0 radical (unpaired) electrons. The van der Waals surface area contributed by atoms with Gasteiger partial charge < -0.3 is 0 Å². The third-order valence-electron chi connectivity index (χ3n) is 1.85. The number of amides is 2. The molecule has 7 nitrogen and oxygen atoms in total. The Balaban J connectivity index is 2.94. The maximum Gasteiger partial charge on any atom is 0.338 e. The van der Waals surface area contributed by atoms with E-state index in [2.05, 4.69) is 9.98 Å². The maximum atomic E-state index is 11.0. The summed E-state index contributed by atoms with van der Waals surface area (Å²) in [5.41, 5.74) is -0.452. The van der Waals surface area contributed by atoms with Gasteiger partial charge in [-0.25, -0.2) is 4.99 Å². The summed E-state index contributed by atoms with van der Waals surface area (Å²) < 4.78 is 0. The molecule has 1 aliphatic heterocycles. The van der Waals surface area contributed by atoms with Gasteiger partial charge in [0.05, 0.1) is 4.92 Å². The number of nitro groups is 1. The largest absolute Gasteiger partial charge is 0.338 e. The van der Waals surface area contributed by atoms with E-state index in [1.54, 1.807) is 0 Å². The summed E-state index contributed by atoms with van der Waals surface area (Å²) in [7, 11) is 0. The quantitative estimate of drug-likeness (QED) is 0.376. The van der Waals surface area contributed by atoms with E-state index in [-0.39, 0.29) is 15.7 Å². The van der Waals surface area contributed by atoms with Gasteiger partial charge in [0.1, 0.15) is 5.36 Å². The third kappa shape index (κ3) is 1.57. The highest BCUT2D eigenvalue weighted by atomic mass is 35.5. The number of nitrogens with zero attached hydrogens (tertiary/aromatic N) is 3. The summed E-state index contributed by atoms with van der Waals surface area (Å²) in [6.07, 6.45) is 0. The fourth-order valence-electron chi connectivity index (χ4n) is 1.22. The first kappa shape index (κ1) is 10.4. The average molecular weight is 240 g/mol. The van der Waals surface area contributed by atoms with Crippen LogP contribution in [0.25, 0.3) is 0 Å². The van der Waals surface area contributed by atoms with Gasteiger partial charge >= 0.3 is 11.8 Å². The molecule has 0 saturated heterocycles. The number of halogens is 1. The Kier molecular flexibility index (Phi) is 2.24. The first-order valence-corrected chi connectivity index (χ1v) is 4.36. The molecule has 1 aromatic rings. The molecule has 80 valence electrons. The van der Waals surface area contributed by atoms with E-state index in [0.29, 0.717) is 0 Å². The number of benzene rings is 1. The second-order valence-corrected chi connectivity index (χ2v) is 3.32. The lowest BCUT2D eigenvalue weighted by Gasteiger charge is -1.99. The number of hydrogen-bond acceptors (Lipinski definition) is 4. The van der Waals surface area contributed by atoms with E-state index < -0.39 is 22.4 Å². The van der Waals surface area contributed by atoms with Gasteiger partial charge in [0.15, 0.2) is 5.36 Å². The fourth-order valence-corrected chi connectivity index (χ4v) is 1.42. The van der Waals surface area contributed by atoms with E-state index >= 15 is 0 Å². The molecule has 0 bridgehead atoms. The first-order chi connectivity index (χ1) is 7.49. The Morgan fingerprint density at radius 2 is 1.81 bits per heavy atom. The van der Waals surface area contributed by atoms with Crippen LogP contribution in [-0.2, 0) is 9.59 Å². The molecule has 0 fully saturated rings. The Morgan fingerprint density at radius 3 is 2.44 bits per heavy atom. The van der Waals surface area contributed by atoms with Gasteiger partial charge in [-0.15, -0.1) is 0 Å². The van der Waals surface area contributed by atoms with Crippen LogP contribution in [0.15, 0.2) is 22.1 Å². The van der Waals surface area contributed by atoms with Gasteiger partial charge in [-0.05, 0) is 6.07 Å². The van der Waals surface area contributed by atoms with Crippen LogP contribution in [0.3, 0.4) is 0 Å². The second-order valence-electron chi connectivity index (χ2n) is 2.88. The van der Waals surface area contributed by atoms with Gasteiger partial charge in [0.2, 0.25) is 0 Å². The van der Waals surface area contributed by atoms with E-state index in [9.17, 15) is 19.7 Å². The van der Waals surface area contributed by atoms with E-state index in [1.807, 2.05) is 0 Å². The molecular formula is C8H2ClN3O4. The van der Waals surface area contributed by atoms with Crippen molar-refractivity contribution in [2.75, 3.05) is 0 Å². The van der Waals surface area contributed by atoms with Crippen molar-refractivity contribution in [2.45, 2.75) is 0 Å². The van der Waals surface area contributed by atoms with Crippen LogP contribution in [0.5, 0.6) is 0 Å². The summed E-state index contributed by atoms with van der Waals surface area (Å²) in [5, 5.41) is 10.4. The molecule has 8 heteroatoms.